The molecule has 1 fully saturated rings. The van der Waals surface area contributed by atoms with Crippen LogP contribution in [0.3, 0.4) is 0 Å². The van der Waals surface area contributed by atoms with Crippen LogP contribution in [-0.4, -0.2) is 5.78 Å². The van der Waals surface area contributed by atoms with Gasteiger partial charge in [-0.15, -0.1) is 0 Å². The third-order valence-electron chi connectivity index (χ3n) is 2.39. The molecule has 1 rings (SSSR count). The highest BCUT2D eigenvalue weighted by atomic mass is 16.1. The van der Waals surface area contributed by atoms with E-state index in [4.69, 9.17) is 0 Å². The maximum atomic E-state index is 10.7. The maximum Gasteiger partial charge on any atom is 0.132 e. The van der Waals surface area contributed by atoms with Crippen molar-refractivity contribution in [3.8, 4) is 0 Å². The van der Waals surface area contributed by atoms with Gasteiger partial charge in [0.2, 0.25) is 0 Å². The topological polar surface area (TPSA) is 17.1 Å². The quantitative estimate of drug-likeness (QED) is 0.553. The number of ketones is 1. The molecule has 1 heteroatoms. The first-order valence-corrected chi connectivity index (χ1v) is 3.74. The van der Waals surface area contributed by atoms with E-state index < -0.39 is 0 Å². The minimum Gasteiger partial charge on any atom is -0.300 e. The van der Waals surface area contributed by atoms with Crippen LogP contribution in [0, 0.1) is 11.8 Å². The minimum absolute atomic E-state index is 0.389. The van der Waals surface area contributed by atoms with E-state index in [1.165, 1.54) is 6.42 Å². The van der Waals surface area contributed by atoms with Crippen molar-refractivity contribution < 1.29 is 4.79 Å². The fourth-order valence-corrected chi connectivity index (χ4v) is 1.40. The van der Waals surface area contributed by atoms with E-state index in [2.05, 4.69) is 6.92 Å². The summed E-state index contributed by atoms with van der Waals surface area (Å²) in [5.74, 6) is 1.67. The molecule has 0 N–H and O–H groups in total. The molecule has 0 amide bonds. The van der Waals surface area contributed by atoms with Gasteiger partial charge in [0.25, 0.3) is 0 Å². The fourth-order valence-electron chi connectivity index (χ4n) is 1.40. The molecular formula is C8H14O. The molecule has 0 unspecified atom stereocenters. The van der Waals surface area contributed by atoms with E-state index in [1.54, 1.807) is 6.92 Å². The van der Waals surface area contributed by atoms with Crippen LogP contribution < -0.4 is 0 Å². The van der Waals surface area contributed by atoms with Crippen LogP contribution in [0.2, 0.25) is 0 Å². The average molecular weight is 126 g/mol. The summed E-state index contributed by atoms with van der Waals surface area (Å²) in [6.45, 7) is 3.90. The summed E-state index contributed by atoms with van der Waals surface area (Å²) < 4.78 is 0. The van der Waals surface area contributed by atoms with Crippen LogP contribution in [0.4, 0.5) is 0 Å². The van der Waals surface area contributed by atoms with Gasteiger partial charge < -0.3 is 0 Å². The van der Waals surface area contributed by atoms with Crippen molar-refractivity contribution >= 4 is 5.78 Å². The Kier molecular flexibility index (Phi) is 1.89. The monoisotopic (exact) mass is 126 g/mol. The average Bonchev–Trinajstić information content (AvgIpc) is 1.61. The Hall–Kier alpha value is -0.330. The summed E-state index contributed by atoms with van der Waals surface area (Å²) in [4.78, 5) is 10.7. The molecule has 0 aromatic heterocycles. The predicted molar refractivity (Wildman–Crippen MR) is 37.2 cm³/mol. The van der Waals surface area contributed by atoms with E-state index in [9.17, 15) is 4.79 Å². The third kappa shape index (κ3) is 1.32. The zero-order valence-electron chi connectivity index (χ0n) is 6.18. The number of hydrogen-bond donors (Lipinski definition) is 0. The molecule has 0 spiro atoms. The second-order valence-electron chi connectivity index (χ2n) is 3.05. The van der Waals surface area contributed by atoms with Gasteiger partial charge in [-0.05, 0) is 25.7 Å². The zero-order valence-corrected chi connectivity index (χ0v) is 6.18. The lowest BCUT2D eigenvalue weighted by Gasteiger charge is -2.32. The largest absolute Gasteiger partial charge is 0.300 e. The number of Topliss-reactive ketones (excluding diaryl/α,β-unsaturated/α-hetero) is 1. The molecule has 0 aromatic carbocycles. The Bertz CT molecular complexity index is 112. The van der Waals surface area contributed by atoms with Crippen molar-refractivity contribution in [3.63, 3.8) is 0 Å². The molecule has 1 nitrogen and oxygen atoms in total. The van der Waals surface area contributed by atoms with Gasteiger partial charge in [0.1, 0.15) is 5.78 Å². The van der Waals surface area contributed by atoms with Gasteiger partial charge in [-0.2, -0.15) is 0 Å². The van der Waals surface area contributed by atoms with Crippen LogP contribution in [0.5, 0.6) is 0 Å². The second kappa shape index (κ2) is 2.51. The van der Waals surface area contributed by atoms with E-state index in [-0.39, 0.29) is 0 Å². The van der Waals surface area contributed by atoms with Gasteiger partial charge in [-0.3, -0.25) is 4.79 Å². The third-order valence-corrected chi connectivity index (χ3v) is 2.39. The van der Waals surface area contributed by atoms with E-state index in [1.807, 2.05) is 0 Å². The van der Waals surface area contributed by atoms with Crippen molar-refractivity contribution in [2.75, 3.05) is 0 Å². The van der Waals surface area contributed by atoms with Crippen LogP contribution in [0.1, 0.15) is 33.1 Å². The van der Waals surface area contributed by atoms with Crippen LogP contribution in [0.25, 0.3) is 0 Å². The standard InChI is InChI=1S/C8H14O/c1-3-7-4-8(5-7)6(2)9/h7-8H,3-5H2,1-2H3. The Balaban J connectivity index is 2.19. The molecule has 0 heterocycles. The first-order chi connectivity index (χ1) is 4.24. The molecule has 1 aliphatic carbocycles. The summed E-state index contributed by atoms with van der Waals surface area (Å²) in [6.07, 6.45) is 3.57. The molecule has 1 saturated carbocycles. The van der Waals surface area contributed by atoms with Crippen LogP contribution in [-0.2, 0) is 4.79 Å². The van der Waals surface area contributed by atoms with Crippen molar-refractivity contribution in [2.45, 2.75) is 33.1 Å². The summed E-state index contributed by atoms with van der Waals surface area (Å²) >= 11 is 0. The van der Waals surface area contributed by atoms with Gasteiger partial charge in [0, 0.05) is 5.92 Å². The predicted octanol–water partition coefficient (Wildman–Crippen LogP) is 2.01. The maximum absolute atomic E-state index is 10.7. The number of hydrogen-bond acceptors (Lipinski definition) is 1. The van der Waals surface area contributed by atoms with Gasteiger partial charge >= 0.3 is 0 Å². The van der Waals surface area contributed by atoms with Crippen molar-refractivity contribution in [1.29, 1.82) is 0 Å². The molecular weight excluding hydrogens is 112 g/mol. The molecule has 0 saturated heterocycles. The second-order valence-corrected chi connectivity index (χ2v) is 3.05. The SMILES string of the molecule is CCC1CC(C(C)=O)C1. The smallest absolute Gasteiger partial charge is 0.132 e. The highest BCUT2D eigenvalue weighted by Gasteiger charge is 2.30. The van der Waals surface area contributed by atoms with E-state index in [0.29, 0.717) is 11.7 Å². The van der Waals surface area contributed by atoms with Gasteiger partial charge in [0.05, 0.1) is 0 Å². The number of carbonyl (C=O) groups excluding carboxylic acids is 1. The van der Waals surface area contributed by atoms with Crippen molar-refractivity contribution in [1.82, 2.24) is 0 Å². The Morgan fingerprint density at radius 3 is 2.44 bits per heavy atom. The molecule has 0 atom stereocenters. The fraction of sp³-hybridized carbons (Fsp3) is 0.875. The lowest BCUT2D eigenvalue weighted by molar-refractivity contribution is -0.124. The first kappa shape index (κ1) is 6.79. The molecule has 9 heavy (non-hydrogen) atoms. The van der Waals surface area contributed by atoms with Crippen LogP contribution in [0.15, 0.2) is 0 Å². The Morgan fingerprint density at radius 2 is 2.11 bits per heavy atom. The van der Waals surface area contributed by atoms with Gasteiger partial charge in [-0.25, -0.2) is 0 Å². The zero-order chi connectivity index (χ0) is 6.85. The van der Waals surface area contributed by atoms with E-state index >= 15 is 0 Å². The molecule has 52 valence electrons. The highest BCUT2D eigenvalue weighted by Crippen LogP contribution is 2.35. The lowest BCUT2D eigenvalue weighted by Crippen LogP contribution is -2.28. The van der Waals surface area contributed by atoms with Crippen molar-refractivity contribution in [2.24, 2.45) is 11.8 Å². The van der Waals surface area contributed by atoms with Gasteiger partial charge in [0.15, 0.2) is 0 Å². The first-order valence-electron chi connectivity index (χ1n) is 3.74. The summed E-state index contributed by atoms with van der Waals surface area (Å²) in [5.41, 5.74) is 0. The molecule has 0 aromatic rings. The lowest BCUT2D eigenvalue weighted by atomic mass is 9.72. The van der Waals surface area contributed by atoms with Crippen molar-refractivity contribution in [3.05, 3.63) is 0 Å². The summed E-state index contributed by atoms with van der Waals surface area (Å²) in [6, 6.07) is 0. The normalized spacial score (nSPS) is 33.6. The Labute approximate surface area is 56.4 Å². The number of rotatable bonds is 2. The van der Waals surface area contributed by atoms with E-state index in [0.717, 1.165) is 18.8 Å². The molecule has 0 aliphatic heterocycles. The summed E-state index contributed by atoms with van der Waals surface area (Å²) in [5, 5.41) is 0. The van der Waals surface area contributed by atoms with Gasteiger partial charge in [-0.1, -0.05) is 13.3 Å². The number of carbonyl (C=O) groups is 1. The Morgan fingerprint density at radius 1 is 1.56 bits per heavy atom. The highest BCUT2D eigenvalue weighted by molar-refractivity contribution is 5.79. The van der Waals surface area contributed by atoms with Crippen LogP contribution >= 0.6 is 0 Å². The molecule has 0 radical (unpaired) electrons. The molecule has 1 aliphatic rings. The minimum atomic E-state index is 0.389. The summed E-state index contributed by atoms with van der Waals surface area (Å²) in [7, 11) is 0. The molecule has 0 bridgehead atoms.